The molecule has 1 atom stereocenters. The van der Waals surface area contributed by atoms with E-state index in [1.54, 1.807) is 17.7 Å². The number of nitrogens with zero attached hydrogens (tertiary/aromatic N) is 2. The van der Waals surface area contributed by atoms with Crippen molar-refractivity contribution in [3.05, 3.63) is 62.4 Å². The van der Waals surface area contributed by atoms with Crippen molar-refractivity contribution < 1.29 is 4.74 Å². The van der Waals surface area contributed by atoms with Crippen LogP contribution in [0, 0.1) is 0 Å². The van der Waals surface area contributed by atoms with Gasteiger partial charge in [-0.1, -0.05) is 12.1 Å². The van der Waals surface area contributed by atoms with Crippen LogP contribution in [-0.4, -0.2) is 16.2 Å². The minimum atomic E-state index is -0.226. The molecular formula is C16H18N2O3. The molecule has 0 spiro atoms. The summed E-state index contributed by atoms with van der Waals surface area (Å²) < 4.78 is 8.15. The van der Waals surface area contributed by atoms with Crippen LogP contribution in [0.15, 0.2) is 39.9 Å². The van der Waals surface area contributed by atoms with E-state index in [0.29, 0.717) is 0 Å². The van der Waals surface area contributed by atoms with Gasteiger partial charge in [0, 0.05) is 17.8 Å². The molecule has 1 aliphatic rings. The molecule has 0 aliphatic carbocycles. The van der Waals surface area contributed by atoms with Crippen molar-refractivity contribution in [2.75, 3.05) is 7.11 Å². The molecule has 0 radical (unpaired) electrons. The first-order valence-corrected chi connectivity index (χ1v) is 7.08. The van der Waals surface area contributed by atoms with Crippen molar-refractivity contribution in [2.45, 2.75) is 32.4 Å². The predicted molar refractivity (Wildman–Crippen MR) is 80.1 cm³/mol. The van der Waals surface area contributed by atoms with Crippen molar-refractivity contribution >= 4 is 0 Å². The summed E-state index contributed by atoms with van der Waals surface area (Å²) in [4.78, 5) is 24.7. The second-order valence-corrected chi connectivity index (χ2v) is 5.45. The van der Waals surface area contributed by atoms with Gasteiger partial charge in [-0.05, 0) is 37.5 Å². The highest BCUT2D eigenvalue weighted by Crippen LogP contribution is 2.21. The molecule has 5 nitrogen and oxygen atoms in total. The molecule has 0 saturated carbocycles. The predicted octanol–water partition coefficient (Wildman–Crippen LogP) is 1.57. The summed E-state index contributed by atoms with van der Waals surface area (Å²) in [6.07, 6.45) is 1.72. The lowest BCUT2D eigenvalue weighted by molar-refractivity contribution is 0.414. The van der Waals surface area contributed by atoms with E-state index >= 15 is 0 Å². The highest BCUT2D eigenvalue weighted by atomic mass is 16.5. The summed E-state index contributed by atoms with van der Waals surface area (Å²) in [5, 5.41) is 0. The number of hydrogen-bond acceptors (Lipinski definition) is 3. The number of methoxy groups -OCH3 is 1. The highest BCUT2D eigenvalue weighted by molar-refractivity contribution is 5.27. The first-order valence-electron chi connectivity index (χ1n) is 7.08. The van der Waals surface area contributed by atoms with E-state index < -0.39 is 0 Å². The summed E-state index contributed by atoms with van der Waals surface area (Å²) >= 11 is 0. The van der Waals surface area contributed by atoms with E-state index in [-0.39, 0.29) is 23.8 Å². The van der Waals surface area contributed by atoms with Crippen LogP contribution < -0.4 is 16.0 Å². The van der Waals surface area contributed by atoms with Crippen molar-refractivity contribution in [1.82, 2.24) is 9.13 Å². The molecule has 0 fully saturated rings. The van der Waals surface area contributed by atoms with Gasteiger partial charge in [-0.3, -0.25) is 13.9 Å². The monoisotopic (exact) mass is 286 g/mol. The number of rotatable bonds is 3. The van der Waals surface area contributed by atoms with Gasteiger partial charge in [0.15, 0.2) is 0 Å². The minimum absolute atomic E-state index is 0.162. The number of hydrogen-bond donors (Lipinski definition) is 0. The second kappa shape index (κ2) is 5.24. The molecule has 21 heavy (non-hydrogen) atoms. The fourth-order valence-corrected chi connectivity index (χ4v) is 2.85. The smallest absolute Gasteiger partial charge is 0.331 e. The maximum absolute atomic E-state index is 12.5. The summed E-state index contributed by atoms with van der Waals surface area (Å²) in [6, 6.07) is 9.14. The summed E-state index contributed by atoms with van der Waals surface area (Å²) in [7, 11) is 1.60. The van der Waals surface area contributed by atoms with Gasteiger partial charge in [-0.25, -0.2) is 4.79 Å². The Morgan fingerprint density at radius 1 is 1.24 bits per heavy atom. The Balaban J connectivity index is 2.01. The first kappa shape index (κ1) is 13.7. The molecular weight excluding hydrogens is 268 g/mol. The summed E-state index contributed by atoms with van der Waals surface area (Å²) in [6.45, 7) is 2.30. The standard InChI is InChI=1S/C16H18N2O3/c1-11-3-6-13-9-15(19)17(16(20)18(11)13)10-12-4-7-14(21-2)8-5-12/h4-5,7-9,11H,3,6,10H2,1-2H3. The van der Waals surface area contributed by atoms with Gasteiger partial charge >= 0.3 is 5.69 Å². The molecule has 0 N–H and O–H groups in total. The molecule has 1 aromatic carbocycles. The zero-order chi connectivity index (χ0) is 15.0. The Morgan fingerprint density at radius 3 is 2.62 bits per heavy atom. The zero-order valence-electron chi connectivity index (χ0n) is 12.2. The molecule has 1 aromatic heterocycles. The van der Waals surface area contributed by atoms with Crippen molar-refractivity contribution in [3.63, 3.8) is 0 Å². The highest BCUT2D eigenvalue weighted by Gasteiger charge is 2.21. The van der Waals surface area contributed by atoms with Crippen molar-refractivity contribution in [1.29, 1.82) is 0 Å². The second-order valence-electron chi connectivity index (χ2n) is 5.45. The van der Waals surface area contributed by atoms with Crippen LogP contribution in [0.5, 0.6) is 5.75 Å². The Kier molecular flexibility index (Phi) is 3.41. The normalized spacial score (nSPS) is 16.8. The lowest BCUT2D eigenvalue weighted by Crippen LogP contribution is -2.40. The van der Waals surface area contributed by atoms with Crippen LogP contribution in [-0.2, 0) is 13.0 Å². The number of aryl methyl sites for hydroxylation is 1. The van der Waals surface area contributed by atoms with Gasteiger partial charge in [0.2, 0.25) is 0 Å². The first-order chi connectivity index (χ1) is 10.1. The Morgan fingerprint density at radius 2 is 1.95 bits per heavy atom. The van der Waals surface area contributed by atoms with Gasteiger partial charge in [0.05, 0.1) is 13.7 Å². The maximum atomic E-state index is 12.5. The summed E-state index contributed by atoms with van der Waals surface area (Å²) in [5.74, 6) is 0.755. The van der Waals surface area contributed by atoms with Gasteiger partial charge < -0.3 is 4.74 Å². The fourth-order valence-electron chi connectivity index (χ4n) is 2.85. The minimum Gasteiger partial charge on any atom is -0.497 e. The number of benzene rings is 1. The molecule has 0 saturated heterocycles. The molecule has 0 bridgehead atoms. The Labute approximate surface area is 122 Å². The lowest BCUT2D eigenvalue weighted by Gasteiger charge is -2.12. The third-order valence-corrected chi connectivity index (χ3v) is 4.06. The largest absolute Gasteiger partial charge is 0.497 e. The molecule has 2 aromatic rings. The average Bonchev–Trinajstić information content (AvgIpc) is 2.85. The maximum Gasteiger partial charge on any atom is 0.331 e. The average molecular weight is 286 g/mol. The topological polar surface area (TPSA) is 53.2 Å². The third kappa shape index (κ3) is 2.39. The molecule has 3 rings (SSSR count). The van der Waals surface area contributed by atoms with Gasteiger partial charge in [-0.2, -0.15) is 0 Å². The van der Waals surface area contributed by atoms with E-state index in [4.69, 9.17) is 4.74 Å². The molecule has 5 heteroatoms. The van der Waals surface area contributed by atoms with Crippen LogP contribution in [0.2, 0.25) is 0 Å². The molecule has 0 amide bonds. The van der Waals surface area contributed by atoms with Crippen LogP contribution in [0.4, 0.5) is 0 Å². The van der Waals surface area contributed by atoms with Crippen molar-refractivity contribution in [3.8, 4) is 5.75 Å². The molecule has 1 unspecified atom stereocenters. The van der Waals surface area contributed by atoms with Gasteiger partial charge in [-0.15, -0.1) is 0 Å². The van der Waals surface area contributed by atoms with E-state index in [2.05, 4.69) is 0 Å². The zero-order valence-corrected chi connectivity index (χ0v) is 12.2. The number of aromatic nitrogens is 2. The van der Waals surface area contributed by atoms with E-state index in [1.165, 1.54) is 4.57 Å². The van der Waals surface area contributed by atoms with E-state index in [0.717, 1.165) is 29.8 Å². The molecule has 2 heterocycles. The van der Waals surface area contributed by atoms with E-state index in [9.17, 15) is 9.59 Å². The molecule has 1 aliphatic heterocycles. The van der Waals surface area contributed by atoms with Crippen LogP contribution >= 0.6 is 0 Å². The Bertz CT molecular complexity index is 772. The lowest BCUT2D eigenvalue weighted by atomic mass is 10.2. The van der Waals surface area contributed by atoms with E-state index in [1.807, 2.05) is 31.2 Å². The quantitative estimate of drug-likeness (QED) is 0.860. The van der Waals surface area contributed by atoms with Crippen molar-refractivity contribution in [2.24, 2.45) is 0 Å². The number of fused-ring (bicyclic) bond motifs is 1. The number of ether oxygens (including phenoxy) is 1. The van der Waals surface area contributed by atoms with Gasteiger partial charge in [0.25, 0.3) is 5.56 Å². The van der Waals surface area contributed by atoms with Gasteiger partial charge in [0.1, 0.15) is 5.75 Å². The van der Waals surface area contributed by atoms with Crippen LogP contribution in [0.25, 0.3) is 0 Å². The third-order valence-electron chi connectivity index (χ3n) is 4.06. The van der Waals surface area contributed by atoms with Crippen LogP contribution in [0.3, 0.4) is 0 Å². The molecule has 110 valence electrons. The SMILES string of the molecule is COc1ccc(Cn2c(=O)cc3n(c2=O)C(C)CC3)cc1. The Hall–Kier alpha value is -2.30. The fraction of sp³-hybridized carbons (Fsp3) is 0.375. The summed E-state index contributed by atoms with van der Waals surface area (Å²) in [5.41, 5.74) is 1.32. The van der Waals surface area contributed by atoms with Crippen LogP contribution in [0.1, 0.15) is 30.6 Å².